The summed E-state index contributed by atoms with van der Waals surface area (Å²) < 4.78 is 69.0. The number of rotatable bonds is 8. The summed E-state index contributed by atoms with van der Waals surface area (Å²) in [4.78, 5) is 37.6. The number of aryl methyl sites for hydroxylation is 1. The Morgan fingerprint density at radius 1 is 1.10 bits per heavy atom. The lowest BCUT2D eigenvalue weighted by molar-refractivity contribution is -0.131. The molecule has 2 N–H and O–H groups in total. The van der Waals surface area contributed by atoms with Gasteiger partial charge in [0.1, 0.15) is 39.9 Å². The van der Waals surface area contributed by atoms with Crippen LogP contribution < -0.4 is 19.5 Å². The largest absolute Gasteiger partial charge is 0.496 e. The zero-order valence-electron chi connectivity index (χ0n) is 30.0. The molecule has 0 radical (unpaired) electrons. The molecule has 16 heteroatoms. The van der Waals surface area contributed by atoms with Gasteiger partial charge in [0.15, 0.2) is 0 Å². The molecular weight excluding hydrogens is 727 g/mol. The maximum Gasteiger partial charge on any atom is 0.259 e. The number of methoxy groups -OCH3 is 1. The van der Waals surface area contributed by atoms with Crippen molar-refractivity contribution in [2.24, 2.45) is 5.92 Å². The third-order valence-electron chi connectivity index (χ3n) is 10.9. The number of sulfonamides is 2. The van der Waals surface area contributed by atoms with Crippen molar-refractivity contribution < 1.29 is 35.9 Å². The number of hydrogen-bond donors (Lipinski definition) is 2. The Kier molecular flexibility index (Phi) is 10.1. The van der Waals surface area contributed by atoms with Crippen LogP contribution in [-0.2, 0) is 29.6 Å². The average molecular weight is 774 g/mol. The van der Waals surface area contributed by atoms with E-state index in [1.165, 1.54) is 15.6 Å². The van der Waals surface area contributed by atoms with Gasteiger partial charge >= 0.3 is 0 Å². The maximum absolute atomic E-state index is 14.2. The molecule has 282 valence electrons. The number of ether oxygens (including phenoxy) is 2. The van der Waals surface area contributed by atoms with Gasteiger partial charge in [0.05, 0.1) is 35.9 Å². The summed E-state index contributed by atoms with van der Waals surface area (Å²) in [6.07, 6.45) is 4.98. The molecule has 2 aliphatic carbocycles. The lowest BCUT2D eigenvalue weighted by Crippen LogP contribution is -2.56. The molecule has 1 aromatic carbocycles. The highest BCUT2D eigenvalue weighted by atomic mass is 32.2. The van der Waals surface area contributed by atoms with Crippen LogP contribution in [0.25, 0.3) is 21.6 Å². The lowest BCUT2D eigenvalue weighted by Gasteiger charge is -2.26. The highest BCUT2D eigenvalue weighted by Crippen LogP contribution is 2.48. The fourth-order valence-corrected chi connectivity index (χ4v) is 11.6. The van der Waals surface area contributed by atoms with Crippen LogP contribution in [0.1, 0.15) is 95.2 Å². The first kappa shape index (κ1) is 37.0. The summed E-state index contributed by atoms with van der Waals surface area (Å²) in [5.41, 5.74) is 1.61. The van der Waals surface area contributed by atoms with Crippen molar-refractivity contribution in [3.05, 3.63) is 34.8 Å². The smallest absolute Gasteiger partial charge is 0.259 e. The number of thiazole rings is 1. The minimum atomic E-state index is -3.90. The number of nitrogens with zero attached hydrogens (tertiary/aromatic N) is 3. The summed E-state index contributed by atoms with van der Waals surface area (Å²) in [6.45, 7) is 5.99. The van der Waals surface area contributed by atoms with E-state index in [-0.39, 0.29) is 30.6 Å². The summed E-state index contributed by atoms with van der Waals surface area (Å²) in [5.74, 6) is -0.352. The molecule has 4 heterocycles. The van der Waals surface area contributed by atoms with Crippen molar-refractivity contribution >= 4 is 54.1 Å². The summed E-state index contributed by atoms with van der Waals surface area (Å²) in [6, 6.07) is 4.36. The minimum absolute atomic E-state index is 0.0385. The van der Waals surface area contributed by atoms with E-state index in [0.29, 0.717) is 65.2 Å². The average Bonchev–Trinajstić information content (AvgIpc) is 3.96. The zero-order chi connectivity index (χ0) is 37.0. The number of hydrogen-bond acceptors (Lipinski definition) is 11. The van der Waals surface area contributed by atoms with E-state index in [0.717, 1.165) is 36.9 Å². The van der Waals surface area contributed by atoms with Gasteiger partial charge in [-0.25, -0.2) is 26.8 Å². The van der Waals surface area contributed by atoms with E-state index in [2.05, 4.69) is 23.9 Å². The zero-order valence-corrected chi connectivity index (χ0v) is 32.5. The van der Waals surface area contributed by atoms with Crippen molar-refractivity contribution in [1.82, 2.24) is 24.3 Å². The molecule has 0 unspecified atom stereocenters. The third kappa shape index (κ3) is 7.27. The van der Waals surface area contributed by atoms with Crippen molar-refractivity contribution in [1.29, 1.82) is 0 Å². The molecule has 2 amide bonds. The van der Waals surface area contributed by atoms with Gasteiger partial charge in [-0.1, -0.05) is 39.5 Å². The van der Waals surface area contributed by atoms with Crippen LogP contribution in [0.5, 0.6) is 11.5 Å². The van der Waals surface area contributed by atoms with Crippen molar-refractivity contribution in [3.63, 3.8) is 0 Å². The van der Waals surface area contributed by atoms with Crippen molar-refractivity contribution in [2.75, 3.05) is 19.4 Å². The summed E-state index contributed by atoms with van der Waals surface area (Å²) in [5, 5.41) is 5.71. The van der Waals surface area contributed by atoms with Gasteiger partial charge in [0, 0.05) is 28.8 Å². The van der Waals surface area contributed by atoms with E-state index in [4.69, 9.17) is 19.4 Å². The van der Waals surface area contributed by atoms with Crippen LogP contribution in [0.15, 0.2) is 23.6 Å². The van der Waals surface area contributed by atoms with Gasteiger partial charge in [-0.15, -0.1) is 11.3 Å². The lowest BCUT2D eigenvalue weighted by atomic mass is 10.0. The number of aromatic nitrogens is 2. The molecule has 0 bridgehead atoms. The molecule has 2 aromatic heterocycles. The number of fused-ring (bicyclic) bond motifs is 3. The van der Waals surface area contributed by atoms with Crippen molar-refractivity contribution in [3.8, 4) is 22.2 Å². The summed E-state index contributed by atoms with van der Waals surface area (Å²) in [7, 11) is -6.15. The molecule has 13 nitrogen and oxygen atoms in total. The predicted molar refractivity (Wildman–Crippen MR) is 198 cm³/mol. The standard InChI is InChI=1S/C36H47N5O8S3/c1-21(2)28-20-50-34(38-28)27-17-31(26-13-14-30(48-4)22(3)32(26)37-27)49-24-16-29-33(42)39-36(35(43)40-52(46,47)25-11-12-25)18-23(36)10-8-6-5-7-9-15-51(44,45)41(29)19-24/h13-14,17,20-21,23-25,29H,5-12,15-16,18-19H2,1-4H3,(H,39,42)(H,40,43)/t23-,24-,29+,36-/m1/s1. The van der Waals surface area contributed by atoms with E-state index in [9.17, 15) is 26.4 Å². The van der Waals surface area contributed by atoms with E-state index in [1.807, 2.05) is 30.5 Å². The van der Waals surface area contributed by atoms with Crippen molar-refractivity contribution in [2.45, 2.75) is 114 Å². The number of carbonyl (C=O) groups is 2. The van der Waals surface area contributed by atoms with Gasteiger partial charge < -0.3 is 14.8 Å². The Morgan fingerprint density at radius 3 is 2.56 bits per heavy atom. The Labute approximate surface area is 309 Å². The number of nitrogens with one attached hydrogen (secondary N) is 2. The van der Waals surface area contributed by atoms with E-state index < -0.39 is 54.8 Å². The van der Waals surface area contributed by atoms with Crippen LogP contribution in [0.3, 0.4) is 0 Å². The van der Waals surface area contributed by atoms with Gasteiger partial charge in [0.2, 0.25) is 26.0 Å². The monoisotopic (exact) mass is 773 g/mol. The first-order valence-electron chi connectivity index (χ1n) is 18.2. The maximum atomic E-state index is 14.2. The number of benzene rings is 1. The van der Waals surface area contributed by atoms with Crippen LogP contribution in [-0.4, -0.2) is 85.3 Å². The molecule has 4 fully saturated rings. The normalized spacial score (nSPS) is 26.9. The minimum Gasteiger partial charge on any atom is -0.496 e. The van der Waals surface area contributed by atoms with Gasteiger partial charge in [-0.3, -0.25) is 14.3 Å². The highest BCUT2D eigenvalue weighted by molar-refractivity contribution is 7.91. The molecule has 52 heavy (non-hydrogen) atoms. The Morgan fingerprint density at radius 2 is 1.85 bits per heavy atom. The van der Waals surface area contributed by atoms with Crippen LogP contribution in [0.2, 0.25) is 0 Å². The van der Waals surface area contributed by atoms with Crippen LogP contribution >= 0.6 is 11.3 Å². The predicted octanol–water partition coefficient (Wildman–Crippen LogP) is 4.79. The molecule has 0 spiro atoms. The topological polar surface area (TPSA) is 174 Å². The fourth-order valence-electron chi connectivity index (χ4n) is 7.53. The number of pyridine rings is 1. The number of amides is 2. The van der Waals surface area contributed by atoms with Gasteiger partial charge in [-0.2, -0.15) is 4.31 Å². The second-order valence-corrected chi connectivity index (χ2v) is 19.9. The van der Waals surface area contributed by atoms with Gasteiger partial charge in [0.25, 0.3) is 5.91 Å². The van der Waals surface area contributed by atoms with Gasteiger partial charge in [-0.05, 0) is 63.0 Å². The first-order chi connectivity index (χ1) is 24.7. The summed E-state index contributed by atoms with van der Waals surface area (Å²) >= 11 is 1.48. The molecule has 3 aromatic rings. The molecular formula is C36H47N5O8S3. The Hall–Kier alpha value is -3.34. The Balaban J connectivity index is 1.21. The molecule has 2 aliphatic heterocycles. The van der Waals surface area contributed by atoms with Crippen LogP contribution in [0.4, 0.5) is 0 Å². The molecule has 4 aliphatic rings. The number of carbonyl (C=O) groups excluding carboxylic acids is 2. The highest BCUT2D eigenvalue weighted by Gasteiger charge is 2.62. The Bertz CT molecular complexity index is 2100. The SMILES string of the molecule is COc1ccc2c(O[C@@H]3C[C@H]4C(=O)N[C@]5(C(=O)NS(=O)(=O)C6CC6)C[C@H]5CCCCCCCS(=O)(=O)N4C3)cc(-c3nc(C(C)C)cs3)nc2c1C. The fraction of sp³-hybridized carbons (Fsp3) is 0.611. The molecule has 4 atom stereocenters. The quantitative estimate of drug-likeness (QED) is 0.324. The molecule has 7 rings (SSSR count). The molecule has 2 saturated carbocycles. The third-order valence-corrected chi connectivity index (χ3v) is 15.5. The second kappa shape index (κ2) is 14.1. The second-order valence-electron chi connectivity index (χ2n) is 15.0. The van der Waals surface area contributed by atoms with E-state index >= 15 is 0 Å². The molecule has 2 saturated heterocycles. The first-order valence-corrected chi connectivity index (χ1v) is 22.2. The van der Waals surface area contributed by atoms with Crippen LogP contribution in [0, 0.1) is 12.8 Å². The van der Waals surface area contributed by atoms with E-state index in [1.54, 1.807) is 7.11 Å².